The number of aromatic nitrogens is 2. The number of fused-ring (bicyclic) bond motifs is 1. The number of aryl methyl sites for hydroxylation is 1. The lowest BCUT2D eigenvalue weighted by molar-refractivity contribution is -0.113. The van der Waals surface area contributed by atoms with Crippen molar-refractivity contribution >= 4 is 50.9 Å². The van der Waals surface area contributed by atoms with Crippen molar-refractivity contribution < 1.29 is 19.1 Å². The second-order valence-electron chi connectivity index (χ2n) is 8.41. The van der Waals surface area contributed by atoms with Crippen molar-refractivity contribution in [1.29, 1.82) is 0 Å². The molecule has 0 spiro atoms. The fraction of sp³-hybridized carbons (Fsp3) is 0.462. The third-order valence-electron chi connectivity index (χ3n) is 5.44. The Morgan fingerprint density at radius 2 is 1.97 bits per heavy atom. The summed E-state index contributed by atoms with van der Waals surface area (Å²) in [6, 6.07) is 7.19. The molecule has 0 aliphatic carbocycles. The predicted octanol–water partition coefficient (Wildman–Crippen LogP) is 5.05. The van der Waals surface area contributed by atoms with Crippen LogP contribution in [-0.4, -0.2) is 46.5 Å². The van der Waals surface area contributed by atoms with E-state index in [0.717, 1.165) is 16.9 Å². The van der Waals surface area contributed by atoms with Gasteiger partial charge in [-0.3, -0.25) is 14.2 Å². The number of hydrogen-bond donors (Lipinski definition) is 1. The van der Waals surface area contributed by atoms with Crippen molar-refractivity contribution in [2.75, 3.05) is 24.3 Å². The topological polar surface area (TPSA) is 99.5 Å². The minimum atomic E-state index is -0.442. The zero-order valence-corrected chi connectivity index (χ0v) is 23.0. The number of nitrogens with one attached hydrogen (secondary N) is 1. The first-order valence-electron chi connectivity index (χ1n) is 12.1. The number of amides is 1. The van der Waals surface area contributed by atoms with Gasteiger partial charge in [0.25, 0.3) is 5.56 Å². The van der Waals surface area contributed by atoms with Crippen LogP contribution < -0.4 is 10.9 Å². The van der Waals surface area contributed by atoms with E-state index < -0.39 is 5.97 Å². The number of carbonyl (C=O) groups is 2. The fourth-order valence-electron chi connectivity index (χ4n) is 3.72. The highest BCUT2D eigenvalue weighted by atomic mass is 32.2. The van der Waals surface area contributed by atoms with Crippen molar-refractivity contribution in [3.05, 3.63) is 50.6 Å². The molecule has 36 heavy (non-hydrogen) atoms. The Bertz CT molecular complexity index is 1280. The van der Waals surface area contributed by atoms with Gasteiger partial charge in [0.1, 0.15) is 5.00 Å². The van der Waals surface area contributed by atoms with E-state index in [1.54, 1.807) is 23.6 Å². The molecule has 194 valence electrons. The third-order valence-corrected chi connectivity index (χ3v) is 7.76. The number of para-hydroxylation sites is 1. The number of rotatable bonds is 12. The number of nitrogens with zero attached hydrogens (tertiary/aromatic N) is 2. The zero-order valence-electron chi connectivity index (χ0n) is 21.4. The highest BCUT2D eigenvalue weighted by Gasteiger charge is 2.23. The summed E-state index contributed by atoms with van der Waals surface area (Å²) in [6.07, 6.45) is 1.51. The van der Waals surface area contributed by atoms with Gasteiger partial charge in [-0.2, -0.15) is 0 Å². The van der Waals surface area contributed by atoms with Crippen LogP contribution in [0.15, 0.2) is 34.2 Å². The number of benzene rings is 1. The molecule has 0 unspecified atom stereocenters. The predicted molar refractivity (Wildman–Crippen MR) is 145 cm³/mol. The van der Waals surface area contributed by atoms with Crippen LogP contribution in [0.5, 0.6) is 0 Å². The molecule has 8 nitrogen and oxygen atoms in total. The minimum absolute atomic E-state index is 0.0357. The third kappa shape index (κ3) is 6.74. The van der Waals surface area contributed by atoms with Crippen LogP contribution in [0.4, 0.5) is 5.00 Å². The molecular weight excluding hydrogens is 498 g/mol. The fourth-order valence-corrected chi connectivity index (χ4v) is 5.70. The Kier molecular flexibility index (Phi) is 10.1. The van der Waals surface area contributed by atoms with Crippen LogP contribution in [0.1, 0.15) is 54.9 Å². The number of anilines is 1. The van der Waals surface area contributed by atoms with Gasteiger partial charge in [-0.05, 0) is 58.2 Å². The van der Waals surface area contributed by atoms with Gasteiger partial charge in [0.2, 0.25) is 5.91 Å². The average Bonchev–Trinajstić information content (AvgIpc) is 3.16. The maximum absolute atomic E-state index is 13.2. The van der Waals surface area contributed by atoms with Gasteiger partial charge in [0.05, 0.1) is 34.9 Å². The molecule has 1 aromatic carbocycles. The van der Waals surface area contributed by atoms with E-state index in [2.05, 4.69) is 10.3 Å². The van der Waals surface area contributed by atoms with Gasteiger partial charge in [-0.1, -0.05) is 30.8 Å². The van der Waals surface area contributed by atoms with Crippen LogP contribution >= 0.6 is 23.1 Å². The number of hydrogen-bond acceptors (Lipinski definition) is 8. The van der Waals surface area contributed by atoms with Crippen molar-refractivity contribution in [3.8, 4) is 0 Å². The lowest BCUT2D eigenvalue weighted by Gasteiger charge is -2.14. The Balaban J connectivity index is 1.80. The molecule has 0 aliphatic rings. The molecule has 3 rings (SSSR count). The highest BCUT2D eigenvalue weighted by molar-refractivity contribution is 7.99. The first kappa shape index (κ1) is 27.9. The summed E-state index contributed by atoms with van der Waals surface area (Å²) in [6.45, 7) is 10.8. The Hall–Kier alpha value is -2.69. The lowest BCUT2D eigenvalue weighted by atomic mass is 10.1. The Labute approximate surface area is 219 Å². The summed E-state index contributed by atoms with van der Waals surface area (Å²) in [5, 5.41) is 4.37. The molecule has 0 fully saturated rings. The maximum atomic E-state index is 13.2. The van der Waals surface area contributed by atoms with Gasteiger partial charge in [0.15, 0.2) is 5.16 Å². The van der Waals surface area contributed by atoms with Crippen LogP contribution in [0.3, 0.4) is 0 Å². The second kappa shape index (κ2) is 13.0. The summed E-state index contributed by atoms with van der Waals surface area (Å²) in [7, 11) is 0. The Morgan fingerprint density at radius 3 is 2.67 bits per heavy atom. The van der Waals surface area contributed by atoms with Gasteiger partial charge in [0, 0.05) is 18.0 Å². The molecule has 0 aliphatic heterocycles. The number of thioether (sulfide) groups is 1. The SMILES string of the molecule is CCOC(=O)c1c(NC(=O)CSc2nc3ccccc3c(=O)n2CCCOC(C)C)sc(CC)c1C. The van der Waals surface area contributed by atoms with E-state index in [9.17, 15) is 14.4 Å². The zero-order chi connectivity index (χ0) is 26.2. The van der Waals surface area contributed by atoms with Gasteiger partial charge in [-0.25, -0.2) is 9.78 Å². The first-order valence-corrected chi connectivity index (χ1v) is 13.9. The average molecular weight is 532 g/mol. The van der Waals surface area contributed by atoms with E-state index in [1.165, 1.54) is 23.1 Å². The molecule has 0 radical (unpaired) electrons. The molecule has 1 N–H and O–H groups in total. The molecule has 3 aromatic rings. The molecule has 0 saturated carbocycles. The van der Waals surface area contributed by atoms with E-state index in [-0.39, 0.29) is 29.9 Å². The van der Waals surface area contributed by atoms with Crippen LogP contribution in [0.2, 0.25) is 0 Å². The maximum Gasteiger partial charge on any atom is 0.341 e. The van der Waals surface area contributed by atoms with Crippen molar-refractivity contribution in [2.24, 2.45) is 0 Å². The quantitative estimate of drug-likeness (QED) is 0.151. The van der Waals surface area contributed by atoms with E-state index >= 15 is 0 Å². The van der Waals surface area contributed by atoms with E-state index in [1.807, 2.05) is 39.8 Å². The molecule has 0 bridgehead atoms. The van der Waals surface area contributed by atoms with Gasteiger partial charge in [-0.15, -0.1) is 11.3 Å². The van der Waals surface area contributed by atoms with Crippen LogP contribution in [0, 0.1) is 6.92 Å². The van der Waals surface area contributed by atoms with Gasteiger partial charge < -0.3 is 14.8 Å². The molecule has 10 heteroatoms. The van der Waals surface area contributed by atoms with Gasteiger partial charge >= 0.3 is 5.97 Å². The van der Waals surface area contributed by atoms with E-state index in [0.29, 0.717) is 46.2 Å². The first-order chi connectivity index (χ1) is 17.3. The molecule has 2 aromatic heterocycles. The molecule has 1 amide bonds. The van der Waals surface area contributed by atoms with Crippen molar-refractivity contribution in [1.82, 2.24) is 9.55 Å². The molecule has 0 atom stereocenters. The molecular formula is C26H33N3O5S2. The second-order valence-corrected chi connectivity index (χ2v) is 10.5. The minimum Gasteiger partial charge on any atom is -0.462 e. The summed E-state index contributed by atoms with van der Waals surface area (Å²) >= 11 is 2.58. The molecule has 2 heterocycles. The normalized spacial score (nSPS) is 11.3. The summed E-state index contributed by atoms with van der Waals surface area (Å²) in [4.78, 5) is 44.3. The number of esters is 1. The number of ether oxygens (including phenoxy) is 2. The monoisotopic (exact) mass is 531 g/mol. The summed E-state index contributed by atoms with van der Waals surface area (Å²) in [5.41, 5.74) is 1.69. The summed E-state index contributed by atoms with van der Waals surface area (Å²) in [5.74, 6) is -0.692. The van der Waals surface area contributed by atoms with Crippen molar-refractivity contribution in [2.45, 2.75) is 65.3 Å². The Morgan fingerprint density at radius 1 is 1.22 bits per heavy atom. The standard InChI is InChI=1S/C26H33N3O5S2/c1-6-20-17(5)22(25(32)33-7-2)23(36-20)28-21(30)15-35-26-27-19-12-9-8-11-18(19)24(31)29(26)13-10-14-34-16(3)4/h8-9,11-12,16H,6-7,10,13-15H2,1-5H3,(H,28,30). The number of carbonyl (C=O) groups excluding carboxylic acids is 2. The van der Waals surface area contributed by atoms with Crippen molar-refractivity contribution in [3.63, 3.8) is 0 Å². The van der Waals surface area contributed by atoms with Crippen LogP contribution in [0.25, 0.3) is 10.9 Å². The number of thiophene rings is 1. The largest absolute Gasteiger partial charge is 0.462 e. The highest BCUT2D eigenvalue weighted by Crippen LogP contribution is 2.34. The lowest BCUT2D eigenvalue weighted by Crippen LogP contribution is -2.25. The molecule has 0 saturated heterocycles. The van der Waals surface area contributed by atoms with Crippen LogP contribution in [-0.2, 0) is 27.2 Å². The van der Waals surface area contributed by atoms with E-state index in [4.69, 9.17) is 9.47 Å². The summed E-state index contributed by atoms with van der Waals surface area (Å²) < 4.78 is 12.4. The smallest absolute Gasteiger partial charge is 0.341 e.